The first-order valence-electron chi connectivity index (χ1n) is 3.05. The minimum absolute atomic E-state index is 0.0191. The van der Waals surface area contributed by atoms with E-state index < -0.39 is 0 Å². The van der Waals surface area contributed by atoms with Crippen LogP contribution in [0.5, 0.6) is 0 Å². The van der Waals surface area contributed by atoms with Gasteiger partial charge in [-0.3, -0.25) is 0 Å². The second-order valence-electron chi connectivity index (χ2n) is 2.44. The quantitative estimate of drug-likeness (QED) is 0.546. The highest BCUT2D eigenvalue weighted by atomic mass is 16.5. The minimum atomic E-state index is -0.0191. The standard InChI is InChI=1S/C7H15O/c1-5-7(3,4)8-6-2/h1,5-6H2,2-4H3. The zero-order valence-corrected chi connectivity index (χ0v) is 6.03. The van der Waals surface area contributed by atoms with Gasteiger partial charge in [0.15, 0.2) is 0 Å². The molecular formula is C7H15O. The van der Waals surface area contributed by atoms with Crippen molar-refractivity contribution < 1.29 is 4.74 Å². The van der Waals surface area contributed by atoms with Crippen LogP contribution in [0.3, 0.4) is 0 Å². The van der Waals surface area contributed by atoms with E-state index in [-0.39, 0.29) is 5.60 Å². The summed E-state index contributed by atoms with van der Waals surface area (Å²) in [6.07, 6.45) is 0.834. The third-order valence-corrected chi connectivity index (χ3v) is 1.14. The molecule has 1 radical (unpaired) electrons. The van der Waals surface area contributed by atoms with E-state index in [2.05, 4.69) is 6.92 Å². The summed E-state index contributed by atoms with van der Waals surface area (Å²) in [4.78, 5) is 0. The van der Waals surface area contributed by atoms with Gasteiger partial charge >= 0.3 is 0 Å². The van der Waals surface area contributed by atoms with Crippen LogP contribution in [-0.4, -0.2) is 12.2 Å². The molecule has 0 N–H and O–H groups in total. The van der Waals surface area contributed by atoms with Crippen molar-refractivity contribution >= 4 is 0 Å². The number of ether oxygens (including phenoxy) is 1. The Morgan fingerprint density at radius 3 is 2.12 bits per heavy atom. The molecule has 49 valence electrons. The van der Waals surface area contributed by atoms with Crippen LogP contribution in [0.1, 0.15) is 27.2 Å². The molecule has 0 aliphatic carbocycles. The molecule has 0 bridgehead atoms. The van der Waals surface area contributed by atoms with Crippen LogP contribution < -0.4 is 0 Å². The molecule has 0 aliphatic rings. The van der Waals surface area contributed by atoms with Crippen LogP contribution in [0.25, 0.3) is 0 Å². The maximum absolute atomic E-state index is 5.32. The van der Waals surface area contributed by atoms with E-state index in [9.17, 15) is 0 Å². The fourth-order valence-corrected chi connectivity index (χ4v) is 0.463. The van der Waals surface area contributed by atoms with E-state index in [1.54, 1.807) is 0 Å². The van der Waals surface area contributed by atoms with Crippen molar-refractivity contribution in [3.05, 3.63) is 6.92 Å². The van der Waals surface area contributed by atoms with Crippen molar-refractivity contribution in [3.63, 3.8) is 0 Å². The lowest BCUT2D eigenvalue weighted by Crippen LogP contribution is -2.22. The Morgan fingerprint density at radius 1 is 1.50 bits per heavy atom. The molecule has 0 rings (SSSR count). The summed E-state index contributed by atoms with van der Waals surface area (Å²) >= 11 is 0. The van der Waals surface area contributed by atoms with Gasteiger partial charge in [0.25, 0.3) is 0 Å². The summed E-state index contributed by atoms with van der Waals surface area (Å²) in [5.41, 5.74) is -0.0191. The molecular weight excluding hydrogens is 100 g/mol. The van der Waals surface area contributed by atoms with Gasteiger partial charge in [0, 0.05) is 6.61 Å². The van der Waals surface area contributed by atoms with Crippen molar-refractivity contribution in [1.29, 1.82) is 0 Å². The van der Waals surface area contributed by atoms with Gasteiger partial charge < -0.3 is 4.74 Å². The lowest BCUT2D eigenvalue weighted by atomic mass is 10.1. The van der Waals surface area contributed by atoms with E-state index in [0.717, 1.165) is 13.0 Å². The molecule has 0 fully saturated rings. The summed E-state index contributed by atoms with van der Waals surface area (Å²) < 4.78 is 5.32. The lowest BCUT2D eigenvalue weighted by Gasteiger charge is -2.21. The van der Waals surface area contributed by atoms with Crippen LogP contribution >= 0.6 is 0 Å². The van der Waals surface area contributed by atoms with Gasteiger partial charge in [-0.1, -0.05) is 6.92 Å². The van der Waals surface area contributed by atoms with Crippen molar-refractivity contribution in [2.75, 3.05) is 6.61 Å². The molecule has 0 spiro atoms. The first kappa shape index (κ1) is 7.96. The lowest BCUT2D eigenvalue weighted by molar-refractivity contribution is -0.00784. The molecule has 0 heterocycles. The fraction of sp³-hybridized carbons (Fsp3) is 0.857. The van der Waals surface area contributed by atoms with Crippen molar-refractivity contribution in [2.45, 2.75) is 32.8 Å². The van der Waals surface area contributed by atoms with Crippen LogP contribution in [0, 0.1) is 6.92 Å². The van der Waals surface area contributed by atoms with Crippen molar-refractivity contribution in [3.8, 4) is 0 Å². The Hall–Kier alpha value is -0.0400. The SMILES string of the molecule is [CH2]CC(C)(C)OCC. The van der Waals surface area contributed by atoms with E-state index in [1.165, 1.54) is 0 Å². The van der Waals surface area contributed by atoms with E-state index in [4.69, 9.17) is 4.74 Å². The molecule has 1 heteroatoms. The summed E-state index contributed by atoms with van der Waals surface area (Å²) in [6, 6.07) is 0. The summed E-state index contributed by atoms with van der Waals surface area (Å²) in [6.45, 7) is 10.6. The summed E-state index contributed by atoms with van der Waals surface area (Å²) in [5, 5.41) is 0. The van der Waals surface area contributed by atoms with Crippen molar-refractivity contribution in [1.82, 2.24) is 0 Å². The maximum Gasteiger partial charge on any atom is 0.0626 e. The highest BCUT2D eigenvalue weighted by Gasteiger charge is 2.12. The van der Waals surface area contributed by atoms with Crippen LogP contribution in [0.15, 0.2) is 0 Å². The van der Waals surface area contributed by atoms with Gasteiger partial charge in [-0.05, 0) is 27.2 Å². The highest BCUT2D eigenvalue weighted by Crippen LogP contribution is 2.11. The van der Waals surface area contributed by atoms with Crippen molar-refractivity contribution in [2.24, 2.45) is 0 Å². The molecule has 0 aromatic heterocycles. The Balaban J connectivity index is 3.37. The predicted molar refractivity (Wildman–Crippen MR) is 35.7 cm³/mol. The van der Waals surface area contributed by atoms with Gasteiger partial charge in [-0.2, -0.15) is 0 Å². The molecule has 0 saturated heterocycles. The van der Waals surface area contributed by atoms with Gasteiger partial charge in [0.05, 0.1) is 5.60 Å². The minimum Gasteiger partial charge on any atom is -0.376 e. The Labute approximate surface area is 52.0 Å². The Kier molecular flexibility index (Phi) is 3.06. The van der Waals surface area contributed by atoms with Crippen LogP contribution in [0.4, 0.5) is 0 Å². The maximum atomic E-state index is 5.32. The molecule has 0 atom stereocenters. The van der Waals surface area contributed by atoms with Crippen LogP contribution in [-0.2, 0) is 4.74 Å². The van der Waals surface area contributed by atoms with Gasteiger partial charge in [-0.15, -0.1) is 0 Å². The van der Waals surface area contributed by atoms with Gasteiger partial charge in [0.1, 0.15) is 0 Å². The number of hydrogen-bond donors (Lipinski definition) is 0. The molecule has 0 aliphatic heterocycles. The van der Waals surface area contributed by atoms with Gasteiger partial charge in [-0.25, -0.2) is 0 Å². The second kappa shape index (κ2) is 3.08. The number of hydrogen-bond acceptors (Lipinski definition) is 1. The molecule has 0 aromatic rings. The Morgan fingerprint density at radius 2 is 2.00 bits per heavy atom. The third-order valence-electron chi connectivity index (χ3n) is 1.14. The molecule has 0 unspecified atom stereocenters. The number of rotatable bonds is 3. The zero-order chi connectivity index (χ0) is 6.62. The predicted octanol–water partition coefficient (Wildman–Crippen LogP) is 2.03. The average molecular weight is 115 g/mol. The highest BCUT2D eigenvalue weighted by molar-refractivity contribution is 4.68. The van der Waals surface area contributed by atoms with Crippen LogP contribution in [0.2, 0.25) is 0 Å². The molecule has 8 heavy (non-hydrogen) atoms. The summed E-state index contributed by atoms with van der Waals surface area (Å²) in [5.74, 6) is 0. The Bertz CT molecular complexity index is 57.4. The largest absolute Gasteiger partial charge is 0.376 e. The third kappa shape index (κ3) is 3.03. The summed E-state index contributed by atoms with van der Waals surface area (Å²) in [7, 11) is 0. The zero-order valence-electron chi connectivity index (χ0n) is 6.03. The first-order valence-corrected chi connectivity index (χ1v) is 3.05. The van der Waals surface area contributed by atoms with E-state index in [1.807, 2.05) is 20.8 Å². The van der Waals surface area contributed by atoms with E-state index >= 15 is 0 Å². The topological polar surface area (TPSA) is 9.23 Å². The fourth-order valence-electron chi connectivity index (χ4n) is 0.463. The second-order valence-corrected chi connectivity index (χ2v) is 2.44. The molecule has 0 aromatic carbocycles. The molecule has 1 nitrogen and oxygen atoms in total. The van der Waals surface area contributed by atoms with E-state index in [0.29, 0.717) is 0 Å². The normalized spacial score (nSPS) is 12.0. The molecule has 0 amide bonds. The molecule has 0 saturated carbocycles. The first-order chi connectivity index (χ1) is 3.62. The van der Waals surface area contributed by atoms with Gasteiger partial charge in [0.2, 0.25) is 0 Å². The smallest absolute Gasteiger partial charge is 0.0626 e. The average Bonchev–Trinajstić information content (AvgIpc) is 1.67. The monoisotopic (exact) mass is 115 g/mol.